The molecule has 0 radical (unpaired) electrons. The van der Waals surface area contributed by atoms with Gasteiger partial charge in [-0.2, -0.15) is 0 Å². The molecular formula is C33H31F2N3O5S. The molecule has 228 valence electrons. The number of pyridine rings is 1. The monoisotopic (exact) mass is 619 g/mol. The van der Waals surface area contributed by atoms with Gasteiger partial charge in [0.2, 0.25) is 11.2 Å². The van der Waals surface area contributed by atoms with Gasteiger partial charge in [0.1, 0.15) is 6.17 Å². The number of carbonyl (C=O) groups is 2. The summed E-state index contributed by atoms with van der Waals surface area (Å²) in [5, 5.41) is 2.03. The highest BCUT2D eigenvalue weighted by atomic mass is 32.2. The number of benzene rings is 2. The van der Waals surface area contributed by atoms with Gasteiger partial charge < -0.3 is 14.4 Å². The van der Waals surface area contributed by atoms with E-state index in [1.807, 2.05) is 29.3 Å². The molecule has 8 rings (SSSR count). The van der Waals surface area contributed by atoms with Crippen molar-refractivity contribution in [1.29, 1.82) is 0 Å². The SMILES string of the molecule is CC(C)C(=O)Oc1c2n(ccc1=O)N([C@@H]1c3ccccc3SCc3c1ccc(F)c3F)[C@@H]1[C@H]3C[C@@H]4CC[C@@]3(CCN1C2=O)O4. The molecule has 2 bridgehead atoms. The first kappa shape index (κ1) is 27.8. The second kappa shape index (κ2) is 9.90. The third-order valence-electron chi connectivity index (χ3n) is 10.0. The Bertz CT molecular complexity index is 1800. The molecule has 2 aromatic carbocycles. The zero-order valence-electron chi connectivity index (χ0n) is 24.3. The number of rotatable bonds is 3. The molecule has 1 aromatic heterocycles. The molecule has 0 N–H and O–H groups in total. The largest absolute Gasteiger partial charge is 0.420 e. The van der Waals surface area contributed by atoms with Gasteiger partial charge in [-0.05, 0) is 48.9 Å². The van der Waals surface area contributed by atoms with E-state index in [4.69, 9.17) is 9.47 Å². The maximum atomic E-state index is 15.6. The maximum Gasteiger partial charge on any atom is 0.313 e. The first-order valence-electron chi connectivity index (χ1n) is 15.1. The van der Waals surface area contributed by atoms with Gasteiger partial charge in [-0.15, -0.1) is 11.8 Å². The predicted molar refractivity (Wildman–Crippen MR) is 158 cm³/mol. The Labute approximate surface area is 256 Å². The summed E-state index contributed by atoms with van der Waals surface area (Å²) >= 11 is 1.43. The number of hydrogen-bond acceptors (Lipinski definition) is 7. The van der Waals surface area contributed by atoms with Crippen molar-refractivity contribution in [1.82, 2.24) is 9.58 Å². The lowest BCUT2D eigenvalue weighted by atomic mass is 9.71. The van der Waals surface area contributed by atoms with Crippen molar-refractivity contribution in [2.24, 2.45) is 11.8 Å². The highest BCUT2D eigenvalue weighted by molar-refractivity contribution is 7.98. The molecule has 5 aliphatic heterocycles. The van der Waals surface area contributed by atoms with E-state index in [-0.39, 0.29) is 34.8 Å². The average molecular weight is 620 g/mol. The van der Waals surface area contributed by atoms with E-state index in [0.29, 0.717) is 18.5 Å². The zero-order valence-corrected chi connectivity index (χ0v) is 25.1. The summed E-state index contributed by atoms with van der Waals surface area (Å²) in [6, 6.07) is 11.2. The molecular weight excluding hydrogens is 588 g/mol. The van der Waals surface area contributed by atoms with E-state index in [1.54, 1.807) is 29.5 Å². The molecule has 6 heterocycles. The Balaban J connectivity index is 1.42. The number of ether oxygens (including phenoxy) is 2. The van der Waals surface area contributed by atoms with Crippen LogP contribution < -0.4 is 15.2 Å². The number of carbonyl (C=O) groups excluding carboxylic acids is 2. The average Bonchev–Trinajstić information content (AvgIpc) is 3.54. The summed E-state index contributed by atoms with van der Waals surface area (Å²) in [6.45, 7) is 3.69. The normalized spacial score (nSPS) is 28.2. The van der Waals surface area contributed by atoms with Crippen molar-refractivity contribution in [3.05, 3.63) is 92.9 Å². The van der Waals surface area contributed by atoms with Crippen molar-refractivity contribution in [3.8, 4) is 5.75 Å². The number of thioether (sulfide) groups is 1. The van der Waals surface area contributed by atoms with Gasteiger partial charge in [0.25, 0.3) is 5.91 Å². The molecule has 0 aliphatic carbocycles. The Hall–Kier alpha value is -3.70. The summed E-state index contributed by atoms with van der Waals surface area (Å²) in [4.78, 5) is 43.2. The van der Waals surface area contributed by atoms with Crippen molar-refractivity contribution < 1.29 is 27.8 Å². The molecule has 3 saturated heterocycles. The van der Waals surface area contributed by atoms with Crippen LogP contribution in [0.15, 0.2) is 58.4 Å². The van der Waals surface area contributed by atoms with Gasteiger partial charge in [-0.25, -0.2) is 8.78 Å². The smallest absolute Gasteiger partial charge is 0.313 e. The standard InChI is InChI=1S/C33H31F2N3O5S/c1-17(2)32(41)42-29-24(39)10-13-37-28(29)31(40)36-14-12-33-11-9-18(43-33)15-22(33)30(36)38(37)27-19-7-8-23(34)26(35)21(19)16-44-25-6-4-3-5-20(25)27/h3-8,10,13,17-18,22,27,30H,9,11-12,14-16H2,1-2H3/t18-,22+,27-,30+,33-/m0/s1. The zero-order chi connectivity index (χ0) is 30.5. The molecule has 1 spiro atoms. The number of amides is 1. The number of hydrogen-bond donors (Lipinski definition) is 0. The van der Waals surface area contributed by atoms with Gasteiger partial charge in [0, 0.05) is 40.9 Å². The highest BCUT2D eigenvalue weighted by Crippen LogP contribution is 2.57. The topological polar surface area (TPSA) is 81.1 Å². The second-order valence-electron chi connectivity index (χ2n) is 12.7. The van der Waals surface area contributed by atoms with E-state index >= 15 is 4.39 Å². The van der Waals surface area contributed by atoms with Crippen LogP contribution in [0.1, 0.15) is 72.8 Å². The van der Waals surface area contributed by atoms with Crippen LogP contribution in [0, 0.1) is 23.5 Å². The van der Waals surface area contributed by atoms with Gasteiger partial charge in [-0.3, -0.25) is 24.1 Å². The second-order valence-corrected chi connectivity index (χ2v) is 13.7. The van der Waals surface area contributed by atoms with Gasteiger partial charge in [0.15, 0.2) is 17.3 Å². The molecule has 8 nitrogen and oxygen atoms in total. The molecule has 0 unspecified atom stereocenters. The summed E-state index contributed by atoms with van der Waals surface area (Å²) in [5.41, 5.74) is 0.656. The Morgan fingerprint density at radius 1 is 1.09 bits per heavy atom. The lowest BCUT2D eigenvalue weighted by molar-refractivity contribution is -0.137. The van der Waals surface area contributed by atoms with Crippen LogP contribution in [-0.2, 0) is 15.3 Å². The molecule has 0 saturated carbocycles. The van der Waals surface area contributed by atoms with E-state index in [0.717, 1.165) is 35.8 Å². The summed E-state index contributed by atoms with van der Waals surface area (Å²) in [7, 11) is 0. The lowest BCUT2D eigenvalue weighted by Crippen LogP contribution is -2.70. The Morgan fingerprint density at radius 2 is 1.91 bits per heavy atom. The van der Waals surface area contributed by atoms with Crippen molar-refractivity contribution >= 4 is 23.6 Å². The Kier molecular flexibility index (Phi) is 6.26. The predicted octanol–water partition coefficient (Wildman–Crippen LogP) is 5.14. The molecule has 3 aromatic rings. The fourth-order valence-corrected chi connectivity index (χ4v) is 9.08. The first-order chi connectivity index (χ1) is 21.2. The molecule has 44 heavy (non-hydrogen) atoms. The fourth-order valence-electron chi connectivity index (χ4n) is 7.97. The van der Waals surface area contributed by atoms with E-state index in [2.05, 4.69) is 0 Å². The van der Waals surface area contributed by atoms with Crippen LogP contribution in [0.25, 0.3) is 0 Å². The van der Waals surface area contributed by atoms with Crippen LogP contribution in [-0.4, -0.2) is 45.9 Å². The van der Waals surface area contributed by atoms with Crippen LogP contribution in [0.3, 0.4) is 0 Å². The molecule has 5 aliphatic rings. The Morgan fingerprint density at radius 3 is 2.70 bits per heavy atom. The first-order valence-corrected chi connectivity index (χ1v) is 16.1. The summed E-state index contributed by atoms with van der Waals surface area (Å²) in [6.07, 6.45) is 4.36. The number of esters is 1. The van der Waals surface area contributed by atoms with Crippen molar-refractivity contribution in [2.45, 2.75) is 74.1 Å². The number of aromatic nitrogens is 1. The molecule has 3 fully saturated rings. The number of halogens is 2. The van der Waals surface area contributed by atoms with Crippen LogP contribution in [0.4, 0.5) is 8.78 Å². The maximum absolute atomic E-state index is 15.6. The molecule has 11 heteroatoms. The van der Waals surface area contributed by atoms with E-state index in [1.165, 1.54) is 24.0 Å². The highest BCUT2D eigenvalue weighted by Gasteiger charge is 2.63. The third-order valence-corrected chi connectivity index (χ3v) is 11.1. The number of piperidine rings is 1. The number of nitrogens with zero attached hydrogens (tertiary/aromatic N) is 3. The van der Waals surface area contributed by atoms with E-state index in [9.17, 15) is 18.8 Å². The summed E-state index contributed by atoms with van der Waals surface area (Å²) < 4.78 is 44.1. The van der Waals surface area contributed by atoms with Gasteiger partial charge in [-0.1, -0.05) is 38.1 Å². The quantitative estimate of drug-likeness (QED) is 0.376. The van der Waals surface area contributed by atoms with E-state index < -0.39 is 52.7 Å². The minimum atomic E-state index is -0.922. The fraction of sp³-hybridized carbons (Fsp3) is 0.424. The van der Waals surface area contributed by atoms with Crippen molar-refractivity contribution in [2.75, 3.05) is 11.6 Å². The van der Waals surface area contributed by atoms with Gasteiger partial charge >= 0.3 is 5.97 Å². The minimum absolute atomic E-state index is 0.0544. The van der Waals surface area contributed by atoms with Gasteiger partial charge in [0.05, 0.1) is 23.7 Å². The number of fused-ring (bicyclic) bond motifs is 6. The molecule has 1 amide bonds. The summed E-state index contributed by atoms with van der Waals surface area (Å²) in [5.74, 6) is -3.56. The molecule has 5 atom stereocenters. The minimum Gasteiger partial charge on any atom is -0.420 e. The lowest BCUT2D eigenvalue weighted by Gasteiger charge is -2.57. The van der Waals surface area contributed by atoms with Crippen LogP contribution >= 0.6 is 11.8 Å². The van der Waals surface area contributed by atoms with Crippen LogP contribution in [0.2, 0.25) is 0 Å². The van der Waals surface area contributed by atoms with Crippen LogP contribution in [0.5, 0.6) is 5.75 Å². The van der Waals surface area contributed by atoms with Crippen molar-refractivity contribution in [3.63, 3.8) is 0 Å². The third kappa shape index (κ3) is 3.87.